The Morgan fingerprint density at radius 1 is 1.33 bits per heavy atom. The lowest BCUT2D eigenvalue weighted by molar-refractivity contribution is -0.150. The van der Waals surface area contributed by atoms with E-state index in [4.69, 9.17) is 0 Å². The van der Waals surface area contributed by atoms with Gasteiger partial charge in [0.15, 0.2) is 10.4 Å². The number of carbonyl (C=O) groups excluding carboxylic acids is 2. The summed E-state index contributed by atoms with van der Waals surface area (Å²) in [5.74, 6) is -1.89. The number of benzene rings is 1. The van der Waals surface area contributed by atoms with Crippen LogP contribution in [0, 0.1) is 11.8 Å². The van der Waals surface area contributed by atoms with E-state index in [0.29, 0.717) is 21.4 Å². The van der Waals surface area contributed by atoms with Gasteiger partial charge in [-0.1, -0.05) is 40.4 Å². The quantitative estimate of drug-likeness (QED) is 0.273. The number of phenols is 1. The summed E-state index contributed by atoms with van der Waals surface area (Å²) in [6, 6.07) is 3.04. The Bertz CT molecular complexity index is 1150. The highest BCUT2D eigenvalue weighted by atomic mass is 32.2. The number of nitroso groups, excluding NO2 is 1. The summed E-state index contributed by atoms with van der Waals surface area (Å²) in [7, 11) is 0. The zero-order valence-corrected chi connectivity index (χ0v) is 19.4. The number of nitrogens with zero attached hydrogens (tertiary/aromatic N) is 4. The molecule has 1 saturated heterocycles. The molecule has 11 nitrogen and oxygen atoms in total. The number of phenolic OH excluding ortho intramolecular Hbond substituents is 1. The lowest BCUT2D eigenvalue weighted by Crippen LogP contribution is -2.70. The lowest BCUT2D eigenvalue weighted by atomic mass is 10.0. The molecule has 2 aliphatic heterocycles. The highest BCUT2D eigenvalue weighted by molar-refractivity contribution is 8.01. The number of thioether (sulfide) groups is 2. The second-order valence-electron chi connectivity index (χ2n) is 7.13. The van der Waals surface area contributed by atoms with Crippen molar-refractivity contribution >= 4 is 52.6 Å². The molecule has 0 spiro atoms. The van der Waals surface area contributed by atoms with Crippen LogP contribution >= 0.6 is 34.9 Å². The molecule has 2 amide bonds. The highest BCUT2D eigenvalue weighted by Crippen LogP contribution is 2.42. The van der Waals surface area contributed by atoms with Crippen LogP contribution in [0.5, 0.6) is 5.75 Å². The third kappa shape index (κ3) is 4.58. The number of rotatable bonds is 8. The molecule has 1 aromatic carbocycles. The van der Waals surface area contributed by atoms with Crippen LogP contribution in [-0.4, -0.2) is 66.0 Å². The van der Waals surface area contributed by atoms with Crippen molar-refractivity contribution in [1.29, 1.82) is 0 Å². The third-order valence-corrected chi connectivity index (χ3v) is 8.39. The van der Waals surface area contributed by atoms with Crippen molar-refractivity contribution in [2.75, 3.05) is 11.5 Å². The van der Waals surface area contributed by atoms with Crippen LogP contribution < -0.4 is 5.32 Å². The molecule has 0 saturated carbocycles. The molecule has 1 fully saturated rings. The maximum Gasteiger partial charge on any atom is 0.352 e. The molecule has 14 heteroatoms. The zero-order chi connectivity index (χ0) is 23.7. The number of carboxylic acid groups (broad SMARTS) is 1. The van der Waals surface area contributed by atoms with Gasteiger partial charge in [-0.3, -0.25) is 14.5 Å². The van der Waals surface area contributed by atoms with Gasteiger partial charge in [-0.25, -0.2) is 4.79 Å². The van der Waals surface area contributed by atoms with Crippen LogP contribution in [-0.2, 0) is 14.4 Å². The van der Waals surface area contributed by atoms with Gasteiger partial charge in [0.1, 0.15) is 27.9 Å². The number of β-lactam (4-membered cyclic amide) rings is 1. The number of hydrogen-bond donors (Lipinski definition) is 3. The normalized spacial score (nSPS) is 20.6. The fourth-order valence-electron chi connectivity index (χ4n) is 3.43. The summed E-state index contributed by atoms with van der Waals surface area (Å²) >= 11 is 4.09. The Kier molecular flexibility index (Phi) is 6.67. The van der Waals surface area contributed by atoms with E-state index in [0.717, 1.165) is 5.01 Å². The van der Waals surface area contributed by atoms with Gasteiger partial charge in [0.05, 0.1) is 0 Å². The Labute approximate surface area is 199 Å². The summed E-state index contributed by atoms with van der Waals surface area (Å²) in [6.07, 6.45) is 0. The van der Waals surface area contributed by atoms with E-state index in [1.807, 2.05) is 6.92 Å². The van der Waals surface area contributed by atoms with Crippen LogP contribution in [0.1, 0.15) is 16.6 Å². The molecule has 0 aliphatic carbocycles. The summed E-state index contributed by atoms with van der Waals surface area (Å²) in [5.41, 5.74) is 0.750. The van der Waals surface area contributed by atoms with Gasteiger partial charge in [-0.2, -0.15) is 0 Å². The third-order valence-electron chi connectivity index (χ3n) is 4.99. The fourth-order valence-corrected chi connectivity index (χ4v) is 6.73. The monoisotopic (exact) mass is 507 g/mol. The van der Waals surface area contributed by atoms with Gasteiger partial charge in [0, 0.05) is 11.5 Å². The van der Waals surface area contributed by atoms with Crippen molar-refractivity contribution in [3.63, 3.8) is 0 Å². The fraction of sp³-hybridized carbons (Fsp3) is 0.316. The maximum atomic E-state index is 12.8. The number of fused-ring (bicyclic) bond motifs is 1. The number of carbonyl (C=O) groups is 3. The van der Waals surface area contributed by atoms with Crippen LogP contribution in [0.3, 0.4) is 0 Å². The standard InChI is InChI=1S/C19H17N5O6S3/c1-8-21-22-19(33-8)32-7-10-6-31-17-13(16(27)24(17)14(10)18(28)29)20-15(26)12(23-30)9-2-4-11(25)5-3-9/h2-5,12-13,17,25H,6-7H2,1H3,(H,20,26)(H,28,29)/t12?,13?,17-/m0/s1. The van der Waals surface area contributed by atoms with Gasteiger partial charge in [0.25, 0.3) is 11.8 Å². The molecule has 3 heterocycles. The predicted octanol–water partition coefficient (Wildman–Crippen LogP) is 1.89. The van der Waals surface area contributed by atoms with Crippen molar-refractivity contribution in [3.8, 4) is 5.75 Å². The first kappa shape index (κ1) is 23.2. The van der Waals surface area contributed by atoms with Gasteiger partial charge in [-0.15, -0.1) is 26.9 Å². The Morgan fingerprint density at radius 3 is 2.67 bits per heavy atom. The molecular formula is C19H17N5O6S3. The Morgan fingerprint density at radius 2 is 2.06 bits per heavy atom. The first-order chi connectivity index (χ1) is 15.8. The molecule has 33 heavy (non-hydrogen) atoms. The number of nitrogens with one attached hydrogen (secondary N) is 1. The SMILES string of the molecule is Cc1nnc(SCC2=C(C(=O)O)N3C(=O)C(NC(=O)C(N=O)c4ccc(O)cc4)[C@@H]3SC2)s1. The van der Waals surface area contributed by atoms with Crippen LogP contribution in [0.4, 0.5) is 0 Å². The topological polar surface area (TPSA) is 162 Å². The van der Waals surface area contributed by atoms with Crippen molar-refractivity contribution in [2.24, 2.45) is 5.18 Å². The van der Waals surface area contributed by atoms with E-state index in [1.54, 1.807) is 0 Å². The number of aryl methyl sites for hydroxylation is 1. The molecule has 4 rings (SSSR count). The molecule has 0 radical (unpaired) electrons. The minimum absolute atomic E-state index is 0.0320. The molecular weight excluding hydrogens is 490 g/mol. The van der Waals surface area contributed by atoms with Crippen molar-refractivity contribution < 1.29 is 24.6 Å². The summed E-state index contributed by atoms with van der Waals surface area (Å²) in [6.45, 7) is 1.82. The minimum atomic E-state index is -1.40. The summed E-state index contributed by atoms with van der Waals surface area (Å²) in [5, 5.41) is 32.6. The van der Waals surface area contributed by atoms with Crippen molar-refractivity contribution in [3.05, 3.63) is 51.0 Å². The number of aliphatic carboxylic acids is 1. The predicted molar refractivity (Wildman–Crippen MR) is 122 cm³/mol. The largest absolute Gasteiger partial charge is 0.508 e. The average molecular weight is 508 g/mol. The van der Waals surface area contributed by atoms with Crippen LogP contribution in [0.2, 0.25) is 0 Å². The maximum absolute atomic E-state index is 12.8. The van der Waals surface area contributed by atoms with E-state index in [9.17, 15) is 29.5 Å². The lowest BCUT2D eigenvalue weighted by Gasteiger charge is -2.49. The molecule has 1 aromatic heterocycles. The summed E-state index contributed by atoms with van der Waals surface area (Å²) < 4.78 is 0.707. The Hall–Kier alpha value is -2.97. The molecule has 2 aliphatic rings. The van der Waals surface area contributed by atoms with Gasteiger partial charge >= 0.3 is 5.97 Å². The molecule has 172 valence electrons. The average Bonchev–Trinajstić information content (AvgIpc) is 3.22. The molecule has 2 aromatic rings. The number of aromatic nitrogens is 2. The minimum Gasteiger partial charge on any atom is -0.508 e. The second-order valence-corrected chi connectivity index (χ2v) is 10.6. The molecule has 3 atom stereocenters. The van der Waals surface area contributed by atoms with E-state index in [1.165, 1.54) is 64.0 Å². The number of carboxylic acids is 1. The van der Waals surface area contributed by atoms with Gasteiger partial charge in [0.2, 0.25) is 0 Å². The first-order valence-electron chi connectivity index (χ1n) is 9.54. The molecule has 0 bridgehead atoms. The van der Waals surface area contributed by atoms with Crippen molar-refractivity contribution in [1.82, 2.24) is 20.4 Å². The van der Waals surface area contributed by atoms with Gasteiger partial charge in [-0.05, 0) is 30.2 Å². The number of hydrogen-bond acceptors (Lipinski definition) is 11. The number of amides is 2. The molecule has 3 N–H and O–H groups in total. The van der Waals surface area contributed by atoms with Crippen LogP contribution in [0.25, 0.3) is 0 Å². The van der Waals surface area contributed by atoms with Gasteiger partial charge < -0.3 is 15.5 Å². The molecule has 2 unspecified atom stereocenters. The van der Waals surface area contributed by atoms with E-state index < -0.39 is 35.2 Å². The highest BCUT2D eigenvalue weighted by Gasteiger charge is 2.54. The second kappa shape index (κ2) is 9.49. The van der Waals surface area contributed by atoms with E-state index in [2.05, 4.69) is 20.7 Å². The zero-order valence-electron chi connectivity index (χ0n) is 17.0. The van der Waals surface area contributed by atoms with Crippen molar-refractivity contribution in [2.45, 2.75) is 28.7 Å². The first-order valence-corrected chi connectivity index (χ1v) is 12.4. The Balaban J connectivity index is 1.47. The number of aromatic hydroxyl groups is 1. The smallest absolute Gasteiger partial charge is 0.352 e. The summed E-state index contributed by atoms with van der Waals surface area (Å²) in [4.78, 5) is 49.8. The van der Waals surface area contributed by atoms with E-state index >= 15 is 0 Å². The van der Waals surface area contributed by atoms with E-state index in [-0.39, 0.29) is 17.0 Å². The van der Waals surface area contributed by atoms with Crippen LogP contribution in [0.15, 0.2) is 45.1 Å².